The summed E-state index contributed by atoms with van der Waals surface area (Å²) in [6.45, 7) is 4.60. The van der Waals surface area contributed by atoms with Gasteiger partial charge in [0.25, 0.3) is 0 Å². The molecule has 0 aromatic rings. The highest BCUT2D eigenvalue weighted by Crippen LogP contribution is 2.22. The van der Waals surface area contributed by atoms with Crippen molar-refractivity contribution >= 4 is 11.8 Å². The molecular formula is C16H34S. The summed E-state index contributed by atoms with van der Waals surface area (Å²) in [6.07, 6.45) is 18.2. The highest BCUT2D eigenvalue weighted by molar-refractivity contribution is 7.98. The standard InChI is InChI=1S/C16H34S/c1-4-6-8-10-12-16(14-15-17-3)13-11-9-7-5-2/h16H,4-15H2,1-3H3. The van der Waals surface area contributed by atoms with Gasteiger partial charge in [-0.15, -0.1) is 0 Å². The molecule has 17 heavy (non-hydrogen) atoms. The first kappa shape index (κ1) is 17.4. The highest BCUT2D eigenvalue weighted by Gasteiger charge is 2.07. The molecule has 0 saturated carbocycles. The molecule has 0 atom stereocenters. The largest absolute Gasteiger partial charge is 0.165 e. The highest BCUT2D eigenvalue weighted by atomic mass is 32.2. The molecule has 0 heterocycles. The molecule has 0 fully saturated rings. The van der Waals surface area contributed by atoms with Crippen molar-refractivity contribution < 1.29 is 0 Å². The zero-order valence-electron chi connectivity index (χ0n) is 12.5. The van der Waals surface area contributed by atoms with Crippen LogP contribution >= 0.6 is 11.8 Å². The van der Waals surface area contributed by atoms with Crippen LogP contribution in [0, 0.1) is 5.92 Å². The first-order valence-electron chi connectivity index (χ1n) is 7.84. The van der Waals surface area contributed by atoms with Crippen LogP contribution in [0.15, 0.2) is 0 Å². The van der Waals surface area contributed by atoms with Crippen LogP contribution in [0.25, 0.3) is 0 Å². The SMILES string of the molecule is CCCCCCC(CCCCCC)CCSC. The lowest BCUT2D eigenvalue weighted by Gasteiger charge is -2.16. The van der Waals surface area contributed by atoms with Gasteiger partial charge in [0.15, 0.2) is 0 Å². The fraction of sp³-hybridized carbons (Fsp3) is 1.00. The van der Waals surface area contributed by atoms with Gasteiger partial charge in [-0.1, -0.05) is 78.1 Å². The maximum Gasteiger partial charge on any atom is -0.00677 e. The minimum absolute atomic E-state index is 1.02. The summed E-state index contributed by atoms with van der Waals surface area (Å²) >= 11 is 2.02. The molecule has 104 valence electrons. The van der Waals surface area contributed by atoms with Crippen LogP contribution in [0.5, 0.6) is 0 Å². The van der Waals surface area contributed by atoms with Crippen molar-refractivity contribution in [1.82, 2.24) is 0 Å². The normalized spacial score (nSPS) is 11.3. The van der Waals surface area contributed by atoms with Gasteiger partial charge in [0.2, 0.25) is 0 Å². The zero-order valence-corrected chi connectivity index (χ0v) is 13.3. The van der Waals surface area contributed by atoms with Crippen molar-refractivity contribution in [2.75, 3.05) is 12.0 Å². The van der Waals surface area contributed by atoms with E-state index >= 15 is 0 Å². The fourth-order valence-electron chi connectivity index (χ4n) is 2.44. The van der Waals surface area contributed by atoms with Gasteiger partial charge in [-0.05, 0) is 24.3 Å². The fourth-order valence-corrected chi connectivity index (χ4v) is 3.01. The zero-order chi connectivity index (χ0) is 12.8. The molecule has 0 nitrogen and oxygen atoms in total. The van der Waals surface area contributed by atoms with E-state index in [4.69, 9.17) is 0 Å². The molecule has 0 N–H and O–H groups in total. The van der Waals surface area contributed by atoms with Crippen LogP contribution in [0.1, 0.15) is 84.5 Å². The predicted octanol–water partition coefficient (Wildman–Crippen LogP) is 6.30. The Bertz CT molecular complexity index is 121. The van der Waals surface area contributed by atoms with Gasteiger partial charge in [-0.25, -0.2) is 0 Å². The van der Waals surface area contributed by atoms with Gasteiger partial charge in [0, 0.05) is 0 Å². The van der Waals surface area contributed by atoms with Crippen molar-refractivity contribution in [3.8, 4) is 0 Å². The van der Waals surface area contributed by atoms with Gasteiger partial charge in [0.1, 0.15) is 0 Å². The lowest BCUT2D eigenvalue weighted by atomic mass is 9.92. The Kier molecular flexibility index (Phi) is 14.7. The number of thioether (sulfide) groups is 1. The minimum Gasteiger partial charge on any atom is -0.165 e. The average Bonchev–Trinajstić information content (AvgIpc) is 2.35. The van der Waals surface area contributed by atoms with E-state index in [9.17, 15) is 0 Å². The molecule has 0 aromatic carbocycles. The maximum absolute atomic E-state index is 2.30. The first-order chi connectivity index (χ1) is 8.35. The molecule has 0 aliphatic heterocycles. The third-order valence-corrected chi connectivity index (χ3v) is 4.31. The first-order valence-corrected chi connectivity index (χ1v) is 9.23. The maximum atomic E-state index is 2.30. The van der Waals surface area contributed by atoms with Crippen LogP contribution in [-0.4, -0.2) is 12.0 Å². The molecular weight excluding hydrogens is 224 g/mol. The summed E-state index contributed by atoms with van der Waals surface area (Å²) < 4.78 is 0. The number of rotatable bonds is 13. The molecule has 0 amide bonds. The predicted molar refractivity (Wildman–Crippen MR) is 84.0 cm³/mol. The Hall–Kier alpha value is 0.350. The molecule has 0 saturated heterocycles. The van der Waals surface area contributed by atoms with Crippen LogP contribution in [-0.2, 0) is 0 Å². The minimum atomic E-state index is 1.02. The van der Waals surface area contributed by atoms with E-state index in [0.29, 0.717) is 0 Å². The van der Waals surface area contributed by atoms with E-state index in [-0.39, 0.29) is 0 Å². The number of hydrogen-bond acceptors (Lipinski definition) is 1. The van der Waals surface area contributed by atoms with Gasteiger partial charge >= 0.3 is 0 Å². The lowest BCUT2D eigenvalue weighted by Crippen LogP contribution is -2.02. The van der Waals surface area contributed by atoms with Crippen molar-refractivity contribution in [3.05, 3.63) is 0 Å². The molecule has 0 bridgehead atoms. The van der Waals surface area contributed by atoms with Crippen molar-refractivity contribution in [2.45, 2.75) is 84.5 Å². The molecule has 0 unspecified atom stereocenters. The second-order valence-corrected chi connectivity index (χ2v) is 6.33. The third kappa shape index (κ3) is 12.6. The van der Waals surface area contributed by atoms with Crippen LogP contribution in [0.2, 0.25) is 0 Å². The molecule has 0 aliphatic carbocycles. The molecule has 0 spiro atoms. The monoisotopic (exact) mass is 258 g/mol. The summed E-state index contributed by atoms with van der Waals surface area (Å²) in [5.74, 6) is 2.39. The van der Waals surface area contributed by atoms with Crippen molar-refractivity contribution in [2.24, 2.45) is 5.92 Å². The Morgan fingerprint density at radius 2 is 1.24 bits per heavy atom. The topological polar surface area (TPSA) is 0 Å². The second-order valence-electron chi connectivity index (χ2n) is 5.35. The number of unbranched alkanes of at least 4 members (excludes halogenated alkanes) is 6. The molecule has 0 radical (unpaired) electrons. The summed E-state index contributed by atoms with van der Waals surface area (Å²) in [7, 11) is 0. The quantitative estimate of drug-likeness (QED) is 0.349. The van der Waals surface area contributed by atoms with E-state index < -0.39 is 0 Å². The van der Waals surface area contributed by atoms with Crippen LogP contribution < -0.4 is 0 Å². The van der Waals surface area contributed by atoms with Crippen molar-refractivity contribution in [1.29, 1.82) is 0 Å². The Balaban J connectivity index is 3.56. The van der Waals surface area contributed by atoms with E-state index in [1.165, 1.54) is 76.4 Å². The summed E-state index contributed by atoms with van der Waals surface area (Å²) in [5, 5.41) is 0. The van der Waals surface area contributed by atoms with Crippen LogP contribution in [0.3, 0.4) is 0 Å². The molecule has 0 aliphatic rings. The number of hydrogen-bond donors (Lipinski definition) is 0. The average molecular weight is 259 g/mol. The van der Waals surface area contributed by atoms with E-state index in [0.717, 1.165) is 5.92 Å². The van der Waals surface area contributed by atoms with E-state index in [1.54, 1.807) is 0 Å². The lowest BCUT2D eigenvalue weighted by molar-refractivity contribution is 0.398. The Morgan fingerprint density at radius 3 is 1.65 bits per heavy atom. The van der Waals surface area contributed by atoms with Crippen molar-refractivity contribution in [3.63, 3.8) is 0 Å². The molecule has 0 rings (SSSR count). The van der Waals surface area contributed by atoms with Gasteiger partial charge in [-0.3, -0.25) is 0 Å². The summed E-state index contributed by atoms with van der Waals surface area (Å²) in [6, 6.07) is 0. The van der Waals surface area contributed by atoms with Gasteiger partial charge in [-0.2, -0.15) is 11.8 Å². The third-order valence-electron chi connectivity index (χ3n) is 3.66. The van der Waals surface area contributed by atoms with E-state index in [2.05, 4.69) is 20.1 Å². The summed E-state index contributed by atoms with van der Waals surface area (Å²) in [5.41, 5.74) is 0. The van der Waals surface area contributed by atoms with Crippen LogP contribution in [0.4, 0.5) is 0 Å². The van der Waals surface area contributed by atoms with E-state index in [1.807, 2.05) is 11.8 Å². The van der Waals surface area contributed by atoms with Gasteiger partial charge in [0.05, 0.1) is 0 Å². The molecule has 0 aromatic heterocycles. The summed E-state index contributed by atoms with van der Waals surface area (Å²) in [4.78, 5) is 0. The second kappa shape index (κ2) is 14.4. The smallest absolute Gasteiger partial charge is 0.00677 e. The van der Waals surface area contributed by atoms with Gasteiger partial charge < -0.3 is 0 Å². The Morgan fingerprint density at radius 1 is 0.706 bits per heavy atom. The Labute approximate surface area is 114 Å². The molecule has 1 heteroatoms.